The zero-order valence-electron chi connectivity index (χ0n) is 13.7. The van der Waals surface area contributed by atoms with Gasteiger partial charge < -0.3 is 5.32 Å². The Labute approximate surface area is 141 Å². The molecule has 0 saturated carbocycles. The molecule has 0 atom stereocenters. The average molecular weight is 321 g/mol. The van der Waals surface area contributed by atoms with Crippen molar-refractivity contribution >= 4 is 11.8 Å². The Bertz CT molecular complexity index is 806. The second-order valence-electron chi connectivity index (χ2n) is 5.72. The number of aromatic nitrogens is 1. The molecule has 2 aromatic rings. The number of nitrogens with one attached hydrogen (secondary N) is 1. The summed E-state index contributed by atoms with van der Waals surface area (Å²) in [4.78, 5) is 8.41. The maximum absolute atomic E-state index is 14.4. The quantitative estimate of drug-likeness (QED) is 0.896. The fourth-order valence-corrected chi connectivity index (χ4v) is 2.59. The second-order valence-corrected chi connectivity index (χ2v) is 5.72. The molecule has 0 saturated heterocycles. The molecule has 0 unspecified atom stereocenters. The van der Waals surface area contributed by atoms with Crippen LogP contribution in [0.25, 0.3) is 5.57 Å². The fourth-order valence-electron chi connectivity index (χ4n) is 2.59. The smallest absolute Gasteiger partial charge is 0.128 e. The van der Waals surface area contributed by atoms with Crippen LogP contribution in [0.3, 0.4) is 0 Å². The molecule has 0 amide bonds. The van der Waals surface area contributed by atoms with Crippen molar-refractivity contribution in [3.8, 4) is 0 Å². The summed E-state index contributed by atoms with van der Waals surface area (Å²) in [5.41, 5.74) is 4.58. The van der Waals surface area contributed by atoms with Crippen molar-refractivity contribution in [2.75, 3.05) is 0 Å². The highest BCUT2D eigenvalue weighted by atomic mass is 19.1. The Morgan fingerprint density at radius 2 is 2.04 bits per heavy atom. The normalized spacial score (nSPS) is 13.7. The van der Waals surface area contributed by atoms with Gasteiger partial charge in [0.2, 0.25) is 0 Å². The van der Waals surface area contributed by atoms with Crippen molar-refractivity contribution in [1.82, 2.24) is 10.3 Å². The molecule has 1 aromatic carbocycles. The molecule has 0 fully saturated rings. The number of aliphatic imine (C=N–C) groups is 1. The van der Waals surface area contributed by atoms with Crippen LogP contribution in [0.1, 0.15) is 28.8 Å². The zero-order chi connectivity index (χ0) is 16.8. The van der Waals surface area contributed by atoms with E-state index in [4.69, 9.17) is 0 Å². The molecule has 3 rings (SSSR count). The lowest BCUT2D eigenvalue weighted by atomic mass is 10.0. The van der Waals surface area contributed by atoms with Crippen molar-refractivity contribution < 1.29 is 4.39 Å². The molecule has 24 heavy (non-hydrogen) atoms. The van der Waals surface area contributed by atoms with Crippen LogP contribution in [-0.4, -0.2) is 11.2 Å². The second kappa shape index (κ2) is 7.79. The Balaban J connectivity index is 1.65. The Kier molecular flexibility index (Phi) is 5.29. The molecule has 0 radical (unpaired) electrons. The van der Waals surface area contributed by atoms with Crippen LogP contribution in [-0.2, 0) is 13.1 Å². The number of pyridine rings is 1. The molecule has 2 heterocycles. The highest BCUT2D eigenvalue weighted by molar-refractivity contribution is 6.10. The van der Waals surface area contributed by atoms with Crippen LogP contribution in [0.5, 0.6) is 0 Å². The summed E-state index contributed by atoms with van der Waals surface area (Å²) in [5, 5.41) is 3.28. The van der Waals surface area contributed by atoms with Crippen molar-refractivity contribution in [3.05, 3.63) is 83.1 Å². The number of hydrogen-bond donors (Lipinski definition) is 1. The van der Waals surface area contributed by atoms with Crippen LogP contribution < -0.4 is 5.32 Å². The Morgan fingerprint density at radius 1 is 1.17 bits per heavy atom. The summed E-state index contributed by atoms with van der Waals surface area (Å²) in [7, 11) is 0. The molecule has 122 valence electrons. The topological polar surface area (TPSA) is 37.3 Å². The average Bonchev–Trinajstić information content (AvgIpc) is 2.87. The van der Waals surface area contributed by atoms with Gasteiger partial charge in [-0.25, -0.2) is 4.39 Å². The summed E-state index contributed by atoms with van der Waals surface area (Å²) in [6.07, 6.45) is 10.1. The van der Waals surface area contributed by atoms with Gasteiger partial charge in [0.05, 0.1) is 0 Å². The largest absolute Gasteiger partial charge is 0.308 e. The van der Waals surface area contributed by atoms with Gasteiger partial charge in [0.1, 0.15) is 5.82 Å². The molecular formula is C20H20FN3. The predicted octanol–water partition coefficient (Wildman–Crippen LogP) is 4.19. The molecule has 1 aliphatic rings. The lowest BCUT2D eigenvalue weighted by molar-refractivity contribution is 0.587. The Morgan fingerprint density at radius 3 is 2.88 bits per heavy atom. The van der Waals surface area contributed by atoms with E-state index in [1.54, 1.807) is 24.7 Å². The van der Waals surface area contributed by atoms with Crippen LogP contribution in [0.4, 0.5) is 4.39 Å². The van der Waals surface area contributed by atoms with E-state index in [0.717, 1.165) is 28.8 Å². The van der Waals surface area contributed by atoms with E-state index >= 15 is 0 Å². The van der Waals surface area contributed by atoms with Gasteiger partial charge in [0, 0.05) is 43.0 Å². The summed E-state index contributed by atoms with van der Waals surface area (Å²) in [6.45, 7) is 3.13. The molecule has 1 aliphatic heterocycles. The van der Waals surface area contributed by atoms with Crippen LogP contribution >= 0.6 is 0 Å². The first-order valence-corrected chi connectivity index (χ1v) is 8.02. The summed E-state index contributed by atoms with van der Waals surface area (Å²) < 4.78 is 14.4. The zero-order valence-corrected chi connectivity index (χ0v) is 13.7. The van der Waals surface area contributed by atoms with Crippen molar-refractivity contribution in [2.24, 2.45) is 4.99 Å². The number of rotatable bonds is 5. The standard InChI is InChI=1S/C20H20FN3/c1-15-17(6-4-10-24-15)12-23-14-19-8-7-16(11-20(19)21)18-5-2-3-9-22-13-18/h3-11,13,23H,2,12,14H2,1H3. The Hall–Kier alpha value is -2.59. The molecule has 0 bridgehead atoms. The van der Waals surface area contributed by atoms with Crippen LogP contribution in [0.15, 0.2) is 59.9 Å². The third-order valence-corrected chi connectivity index (χ3v) is 4.01. The third kappa shape index (κ3) is 4.03. The fraction of sp³-hybridized carbons (Fsp3) is 0.200. The minimum Gasteiger partial charge on any atom is -0.308 e. The first-order valence-electron chi connectivity index (χ1n) is 8.02. The third-order valence-electron chi connectivity index (χ3n) is 4.01. The van der Waals surface area contributed by atoms with E-state index in [1.165, 1.54) is 0 Å². The van der Waals surface area contributed by atoms with E-state index < -0.39 is 0 Å². The minimum atomic E-state index is -0.200. The number of aryl methyl sites for hydroxylation is 1. The van der Waals surface area contributed by atoms with Crippen molar-refractivity contribution in [1.29, 1.82) is 0 Å². The maximum atomic E-state index is 14.4. The van der Waals surface area contributed by atoms with Gasteiger partial charge >= 0.3 is 0 Å². The molecule has 4 heteroatoms. The van der Waals surface area contributed by atoms with Crippen LogP contribution in [0.2, 0.25) is 0 Å². The first-order chi connectivity index (χ1) is 11.7. The molecule has 0 aliphatic carbocycles. The number of hydrogen-bond acceptors (Lipinski definition) is 3. The van der Waals surface area contributed by atoms with Gasteiger partial charge in [-0.3, -0.25) is 9.98 Å². The van der Waals surface area contributed by atoms with E-state index in [9.17, 15) is 4.39 Å². The van der Waals surface area contributed by atoms with Gasteiger partial charge in [-0.2, -0.15) is 0 Å². The number of benzene rings is 1. The lowest BCUT2D eigenvalue weighted by Crippen LogP contribution is -2.15. The lowest BCUT2D eigenvalue weighted by Gasteiger charge is -2.09. The summed E-state index contributed by atoms with van der Waals surface area (Å²) in [6, 6.07) is 9.30. The van der Waals surface area contributed by atoms with Gasteiger partial charge in [-0.15, -0.1) is 0 Å². The highest BCUT2D eigenvalue weighted by Crippen LogP contribution is 2.19. The molecule has 3 nitrogen and oxygen atoms in total. The maximum Gasteiger partial charge on any atom is 0.128 e. The van der Waals surface area contributed by atoms with E-state index in [2.05, 4.69) is 15.3 Å². The van der Waals surface area contributed by atoms with Gasteiger partial charge in [0.25, 0.3) is 0 Å². The summed E-state index contributed by atoms with van der Waals surface area (Å²) in [5.74, 6) is -0.200. The number of nitrogens with zero attached hydrogens (tertiary/aromatic N) is 2. The SMILES string of the molecule is Cc1ncccc1CNCc1ccc(C2=CCC=CN=C2)cc1F. The molecule has 0 spiro atoms. The van der Waals surface area contributed by atoms with E-state index in [-0.39, 0.29) is 5.82 Å². The highest BCUT2D eigenvalue weighted by Gasteiger charge is 2.07. The van der Waals surface area contributed by atoms with Crippen molar-refractivity contribution in [2.45, 2.75) is 26.4 Å². The molecule has 1 aromatic heterocycles. The minimum absolute atomic E-state index is 0.200. The van der Waals surface area contributed by atoms with Gasteiger partial charge in [-0.05, 0) is 42.2 Å². The first kappa shape index (κ1) is 16.3. The van der Waals surface area contributed by atoms with E-state index in [0.29, 0.717) is 18.7 Å². The van der Waals surface area contributed by atoms with Crippen LogP contribution in [0, 0.1) is 12.7 Å². The van der Waals surface area contributed by atoms with Crippen molar-refractivity contribution in [3.63, 3.8) is 0 Å². The summed E-state index contributed by atoms with van der Waals surface area (Å²) >= 11 is 0. The molecule has 1 N–H and O–H groups in total. The number of allylic oxidation sites excluding steroid dienone is 3. The van der Waals surface area contributed by atoms with Gasteiger partial charge in [-0.1, -0.05) is 30.4 Å². The van der Waals surface area contributed by atoms with Gasteiger partial charge in [0.15, 0.2) is 0 Å². The monoisotopic (exact) mass is 321 g/mol. The number of halogens is 1. The van der Waals surface area contributed by atoms with E-state index in [1.807, 2.05) is 43.3 Å². The molecular weight excluding hydrogens is 301 g/mol. The predicted molar refractivity (Wildman–Crippen MR) is 96.1 cm³/mol.